The molecule has 1 fully saturated rings. The van der Waals surface area contributed by atoms with E-state index in [0.29, 0.717) is 12.6 Å². The minimum atomic E-state index is -4.24. The number of hydrogen-bond donors (Lipinski definition) is 0. The van der Waals surface area contributed by atoms with Gasteiger partial charge >= 0.3 is 6.18 Å². The van der Waals surface area contributed by atoms with Crippen LogP contribution >= 0.6 is 0 Å². The van der Waals surface area contributed by atoms with Crippen LogP contribution in [0.1, 0.15) is 30.9 Å². The third-order valence-corrected chi connectivity index (χ3v) is 3.71. The smallest absolute Gasteiger partial charge is 0.299 e. The lowest BCUT2D eigenvalue weighted by Crippen LogP contribution is -2.30. The number of nitrogens with zero attached hydrogens (tertiary/aromatic N) is 1. The molecule has 0 amide bonds. The molecule has 1 aliphatic carbocycles. The second-order valence-electron chi connectivity index (χ2n) is 5.19. The lowest BCUT2D eigenvalue weighted by atomic mass is 10.1. The fourth-order valence-corrected chi connectivity index (χ4v) is 2.17. The number of rotatable bonds is 4. The van der Waals surface area contributed by atoms with E-state index in [9.17, 15) is 13.2 Å². The molecule has 1 aromatic rings. The van der Waals surface area contributed by atoms with E-state index in [2.05, 4.69) is 11.8 Å². The van der Waals surface area contributed by atoms with Crippen molar-refractivity contribution in [3.63, 3.8) is 0 Å². The van der Waals surface area contributed by atoms with Crippen molar-refractivity contribution in [2.45, 2.75) is 38.5 Å². The largest absolute Gasteiger partial charge is 0.416 e. The van der Waals surface area contributed by atoms with Gasteiger partial charge in [0.25, 0.3) is 0 Å². The van der Waals surface area contributed by atoms with Gasteiger partial charge < -0.3 is 0 Å². The summed E-state index contributed by atoms with van der Waals surface area (Å²) >= 11 is 0. The van der Waals surface area contributed by atoms with Crippen LogP contribution in [0.25, 0.3) is 0 Å². The fraction of sp³-hybridized carbons (Fsp3) is 0.571. The highest BCUT2D eigenvalue weighted by Gasteiger charge is 2.31. The molecule has 0 aromatic heterocycles. The monoisotopic (exact) mass is 257 g/mol. The van der Waals surface area contributed by atoms with Gasteiger partial charge in [0.15, 0.2) is 0 Å². The Kier molecular flexibility index (Phi) is 3.66. The molecular formula is C14H18F3N. The van der Waals surface area contributed by atoms with Crippen molar-refractivity contribution in [3.8, 4) is 0 Å². The molecule has 1 aliphatic rings. The van der Waals surface area contributed by atoms with Crippen molar-refractivity contribution in [2.75, 3.05) is 7.05 Å². The molecule has 0 spiro atoms. The molecule has 1 saturated carbocycles. The van der Waals surface area contributed by atoms with Gasteiger partial charge in [0.1, 0.15) is 0 Å². The molecule has 4 heteroatoms. The van der Waals surface area contributed by atoms with Gasteiger partial charge in [-0.25, -0.2) is 0 Å². The lowest BCUT2D eigenvalue weighted by molar-refractivity contribution is -0.137. The van der Waals surface area contributed by atoms with Gasteiger partial charge in [-0.3, -0.25) is 4.90 Å². The van der Waals surface area contributed by atoms with Crippen LogP contribution in [0.3, 0.4) is 0 Å². The van der Waals surface area contributed by atoms with E-state index in [1.807, 2.05) is 7.05 Å². The Hall–Kier alpha value is -1.03. The summed E-state index contributed by atoms with van der Waals surface area (Å²) in [5.74, 6) is 0.768. The van der Waals surface area contributed by atoms with Crippen LogP contribution in [0.15, 0.2) is 24.3 Å². The highest BCUT2D eigenvalue weighted by Crippen LogP contribution is 2.35. The van der Waals surface area contributed by atoms with E-state index in [1.165, 1.54) is 12.8 Å². The number of alkyl halides is 3. The summed E-state index contributed by atoms with van der Waals surface area (Å²) in [5.41, 5.74) is 0.349. The van der Waals surface area contributed by atoms with Gasteiger partial charge in [0.2, 0.25) is 0 Å². The minimum absolute atomic E-state index is 0.507. The van der Waals surface area contributed by atoms with E-state index in [0.717, 1.165) is 23.6 Å². The molecule has 1 unspecified atom stereocenters. The van der Waals surface area contributed by atoms with Crippen molar-refractivity contribution in [1.82, 2.24) is 4.90 Å². The predicted molar refractivity (Wildman–Crippen MR) is 65.1 cm³/mol. The SMILES string of the molecule is CC(C1CC1)N(C)Cc1ccc(C(F)(F)F)cc1. The topological polar surface area (TPSA) is 3.24 Å². The summed E-state index contributed by atoms with van der Waals surface area (Å²) in [7, 11) is 2.03. The highest BCUT2D eigenvalue weighted by atomic mass is 19.4. The standard InChI is InChI=1S/C14H18F3N/c1-10(12-5-6-12)18(2)9-11-3-7-13(8-4-11)14(15,16)17/h3-4,7-8,10,12H,5-6,9H2,1-2H3. The first-order valence-electron chi connectivity index (χ1n) is 6.24. The second-order valence-corrected chi connectivity index (χ2v) is 5.19. The van der Waals surface area contributed by atoms with Crippen LogP contribution < -0.4 is 0 Å². The minimum Gasteiger partial charge on any atom is -0.299 e. The van der Waals surface area contributed by atoms with Crippen LogP contribution in [0.4, 0.5) is 13.2 Å². The fourth-order valence-electron chi connectivity index (χ4n) is 2.17. The number of benzene rings is 1. The van der Waals surface area contributed by atoms with Gasteiger partial charge in [-0.1, -0.05) is 12.1 Å². The Labute approximate surface area is 106 Å². The summed E-state index contributed by atoms with van der Waals surface area (Å²) in [5, 5.41) is 0. The Bertz CT molecular complexity index is 392. The molecule has 0 saturated heterocycles. The van der Waals surface area contributed by atoms with Crippen molar-refractivity contribution in [2.24, 2.45) is 5.92 Å². The van der Waals surface area contributed by atoms with E-state index in [-0.39, 0.29) is 0 Å². The maximum Gasteiger partial charge on any atom is 0.416 e. The molecule has 0 aliphatic heterocycles. The Balaban J connectivity index is 1.97. The van der Waals surface area contributed by atoms with E-state index < -0.39 is 11.7 Å². The molecule has 18 heavy (non-hydrogen) atoms. The van der Waals surface area contributed by atoms with Crippen LogP contribution in [0, 0.1) is 5.92 Å². The summed E-state index contributed by atoms with van der Waals surface area (Å²) < 4.78 is 37.2. The van der Waals surface area contributed by atoms with Crippen LogP contribution in [0.2, 0.25) is 0 Å². The first kappa shape index (κ1) is 13.4. The van der Waals surface area contributed by atoms with Crippen LogP contribution in [-0.2, 0) is 12.7 Å². The van der Waals surface area contributed by atoms with E-state index in [1.54, 1.807) is 12.1 Å². The lowest BCUT2D eigenvalue weighted by Gasteiger charge is -2.24. The average molecular weight is 257 g/mol. The molecule has 1 aromatic carbocycles. The van der Waals surface area contributed by atoms with Crippen molar-refractivity contribution < 1.29 is 13.2 Å². The number of halogens is 3. The third kappa shape index (κ3) is 3.25. The van der Waals surface area contributed by atoms with Crippen molar-refractivity contribution in [1.29, 1.82) is 0 Å². The van der Waals surface area contributed by atoms with Gasteiger partial charge in [-0.15, -0.1) is 0 Å². The van der Waals surface area contributed by atoms with Gasteiger partial charge in [-0.05, 0) is 50.4 Å². The Morgan fingerprint density at radius 3 is 2.22 bits per heavy atom. The average Bonchev–Trinajstić information content (AvgIpc) is 3.11. The molecule has 2 rings (SSSR count). The predicted octanol–water partition coefficient (Wildman–Crippen LogP) is 3.94. The quantitative estimate of drug-likeness (QED) is 0.789. The highest BCUT2D eigenvalue weighted by molar-refractivity contribution is 5.24. The molecule has 0 bridgehead atoms. The summed E-state index contributed by atoms with van der Waals surface area (Å²) in [6, 6.07) is 5.96. The van der Waals surface area contributed by atoms with Crippen LogP contribution in [0.5, 0.6) is 0 Å². The van der Waals surface area contributed by atoms with Gasteiger partial charge in [0.05, 0.1) is 5.56 Å². The summed E-state index contributed by atoms with van der Waals surface area (Å²) in [4.78, 5) is 2.21. The first-order chi connectivity index (χ1) is 8.38. The summed E-state index contributed by atoms with van der Waals surface area (Å²) in [6.45, 7) is 2.89. The van der Waals surface area contributed by atoms with Crippen molar-refractivity contribution in [3.05, 3.63) is 35.4 Å². The van der Waals surface area contributed by atoms with Gasteiger partial charge in [-0.2, -0.15) is 13.2 Å². The Morgan fingerprint density at radius 1 is 1.22 bits per heavy atom. The zero-order valence-corrected chi connectivity index (χ0v) is 10.7. The normalized spacial score (nSPS) is 18.1. The molecule has 0 N–H and O–H groups in total. The summed E-state index contributed by atoms with van der Waals surface area (Å²) in [6.07, 6.45) is -1.69. The molecule has 0 heterocycles. The third-order valence-electron chi connectivity index (χ3n) is 3.71. The Morgan fingerprint density at radius 2 is 1.78 bits per heavy atom. The zero-order chi connectivity index (χ0) is 13.3. The maximum absolute atomic E-state index is 12.4. The molecular weight excluding hydrogens is 239 g/mol. The zero-order valence-electron chi connectivity index (χ0n) is 10.7. The van der Waals surface area contributed by atoms with E-state index in [4.69, 9.17) is 0 Å². The first-order valence-corrected chi connectivity index (χ1v) is 6.24. The second kappa shape index (κ2) is 4.92. The molecule has 100 valence electrons. The molecule has 1 atom stereocenters. The van der Waals surface area contributed by atoms with Crippen molar-refractivity contribution >= 4 is 0 Å². The van der Waals surface area contributed by atoms with E-state index >= 15 is 0 Å². The maximum atomic E-state index is 12.4. The molecule has 0 radical (unpaired) electrons. The van der Waals surface area contributed by atoms with Gasteiger partial charge in [0, 0.05) is 12.6 Å². The molecule has 1 nitrogen and oxygen atoms in total. The number of hydrogen-bond acceptors (Lipinski definition) is 1. The van der Waals surface area contributed by atoms with Crippen LogP contribution in [-0.4, -0.2) is 18.0 Å².